The zero-order chi connectivity index (χ0) is 33.5. The number of fused-ring (bicyclic) bond motifs is 21. The molecule has 0 aliphatic carbocycles. The number of para-hydroxylation sites is 1. The number of ether oxygens (including phenoxy) is 1. The first-order valence-electron chi connectivity index (χ1n) is 16.4. The smallest absolute Gasteiger partial charge is 0.454 e. The molecule has 0 radical (unpaired) electrons. The van der Waals surface area contributed by atoms with Crippen molar-refractivity contribution in [2.75, 3.05) is 0 Å². The molecule has 52 heavy (non-hydrogen) atoms. The standard InChI is InChI=1S/C41H21N9O.Zn/c1-2-13-24-23(12-1)34-43-35(24)45-37-27-16-5-6-17-28(27)39(47-37)49-41-32-29(40(50-41)48-38-26-15-4-3-14-25(26)36(44-34)46-38)18-8-19-30(32)51-31-20-7-10-22-11-9-21-42-33(22)31;/h1-21H;/q-2;+2. The molecular formula is C41H21N9OZn. The topological polar surface area (TPSA) is 128 Å². The van der Waals surface area contributed by atoms with Crippen LogP contribution in [0.5, 0.6) is 11.5 Å². The van der Waals surface area contributed by atoms with Gasteiger partial charge in [0.05, 0.1) is 28.9 Å². The predicted octanol–water partition coefficient (Wildman–Crippen LogP) is 8.47. The zero-order valence-electron chi connectivity index (χ0n) is 27.3. The van der Waals surface area contributed by atoms with E-state index < -0.39 is 0 Å². The van der Waals surface area contributed by atoms with Crippen LogP contribution in [0.3, 0.4) is 0 Å². The fourth-order valence-electron chi connectivity index (χ4n) is 6.89. The Labute approximate surface area is 307 Å². The van der Waals surface area contributed by atoms with Gasteiger partial charge in [0.2, 0.25) is 0 Å². The van der Waals surface area contributed by atoms with Gasteiger partial charge in [-0.3, -0.25) is 4.98 Å². The van der Waals surface area contributed by atoms with Gasteiger partial charge in [-0.2, -0.15) is 0 Å². The Hall–Kier alpha value is -6.71. The fraction of sp³-hybridized carbons (Fsp3) is 0. The van der Waals surface area contributed by atoms with Gasteiger partial charge in [0, 0.05) is 50.9 Å². The monoisotopic (exact) mass is 719 g/mol. The third-order valence-corrected chi connectivity index (χ3v) is 9.23. The molecule has 2 aliphatic heterocycles. The van der Waals surface area contributed by atoms with Crippen LogP contribution in [0.25, 0.3) is 101 Å². The first-order valence-corrected chi connectivity index (χ1v) is 16.4. The maximum absolute atomic E-state index is 6.65. The number of hydrogen-bond donors (Lipinski definition) is 0. The van der Waals surface area contributed by atoms with Crippen LogP contribution in [0.15, 0.2) is 128 Å². The summed E-state index contributed by atoms with van der Waals surface area (Å²) in [6.45, 7) is 0. The van der Waals surface area contributed by atoms with Gasteiger partial charge in [-0.15, -0.1) is 0 Å². The van der Waals surface area contributed by atoms with E-state index in [1.807, 2.05) is 121 Å². The van der Waals surface area contributed by atoms with Gasteiger partial charge in [0.1, 0.15) is 11.3 Å². The SMILES string of the molecule is [Zn+2].c1ccc2c(c1)-c1nc-2nc2[n-]c(nc3nc(nc4[n-]c(n1)c1ccccc41)-c1cccc(Oc4cccc5cccnc45)c1-3)c1ccccc21. The second-order valence-electron chi connectivity index (χ2n) is 12.2. The molecule has 10 nitrogen and oxygen atoms in total. The zero-order valence-corrected chi connectivity index (χ0v) is 30.2. The maximum atomic E-state index is 6.65. The summed E-state index contributed by atoms with van der Waals surface area (Å²) in [7, 11) is 0. The van der Waals surface area contributed by atoms with Crippen LogP contribution in [0.1, 0.15) is 0 Å². The van der Waals surface area contributed by atoms with Crippen molar-refractivity contribution < 1.29 is 24.2 Å². The van der Waals surface area contributed by atoms with Crippen LogP contribution in [0.2, 0.25) is 0 Å². The summed E-state index contributed by atoms with van der Waals surface area (Å²) in [5.74, 6) is 3.09. The molecule has 11 heteroatoms. The van der Waals surface area contributed by atoms with E-state index in [1.54, 1.807) is 6.20 Å². The van der Waals surface area contributed by atoms with Crippen LogP contribution in [0.4, 0.5) is 0 Å². The molecule has 2 aliphatic rings. The van der Waals surface area contributed by atoms with Crippen molar-refractivity contribution in [2.24, 2.45) is 0 Å². The molecule has 11 rings (SSSR count). The third-order valence-electron chi connectivity index (χ3n) is 9.23. The van der Waals surface area contributed by atoms with Gasteiger partial charge in [-0.05, 0) is 39.7 Å². The van der Waals surface area contributed by atoms with E-state index in [0.29, 0.717) is 62.9 Å². The van der Waals surface area contributed by atoms with Crippen molar-refractivity contribution >= 4 is 55.0 Å². The molecule has 0 unspecified atom stereocenters. The van der Waals surface area contributed by atoms with Crippen LogP contribution in [-0.2, 0) is 19.5 Å². The van der Waals surface area contributed by atoms with Gasteiger partial charge < -0.3 is 34.6 Å². The maximum Gasteiger partial charge on any atom is 2.00 e. The number of hydrogen-bond acceptors (Lipinski definition) is 8. The summed E-state index contributed by atoms with van der Waals surface area (Å²) in [6, 6.07) is 39.4. The van der Waals surface area contributed by atoms with Crippen molar-refractivity contribution in [2.45, 2.75) is 0 Å². The molecular weight excluding hydrogens is 700 g/mol. The summed E-state index contributed by atoms with van der Waals surface area (Å²) in [4.78, 5) is 44.7. The number of pyridine rings is 1. The molecule has 0 saturated carbocycles. The minimum Gasteiger partial charge on any atom is -0.454 e. The van der Waals surface area contributed by atoms with Crippen molar-refractivity contribution in [3.63, 3.8) is 0 Å². The minimum absolute atomic E-state index is 0. The molecule has 9 aromatic rings. The fourth-order valence-corrected chi connectivity index (χ4v) is 6.89. The first kappa shape index (κ1) is 30.1. The molecule has 4 aromatic heterocycles. The van der Waals surface area contributed by atoms with E-state index in [4.69, 9.17) is 44.6 Å². The first-order chi connectivity index (χ1) is 25.2. The van der Waals surface area contributed by atoms with Gasteiger partial charge >= 0.3 is 19.5 Å². The van der Waals surface area contributed by atoms with Gasteiger partial charge in [0.25, 0.3) is 0 Å². The van der Waals surface area contributed by atoms with Crippen molar-refractivity contribution in [1.29, 1.82) is 0 Å². The quantitative estimate of drug-likeness (QED) is 0.161. The summed E-state index contributed by atoms with van der Waals surface area (Å²) >= 11 is 0. The van der Waals surface area contributed by atoms with Crippen molar-refractivity contribution in [3.8, 4) is 57.1 Å². The Bertz CT molecular complexity index is 3090. The third kappa shape index (κ3) is 4.63. The molecule has 0 spiro atoms. The molecule has 0 fully saturated rings. The second-order valence-corrected chi connectivity index (χ2v) is 12.2. The van der Waals surface area contributed by atoms with E-state index in [0.717, 1.165) is 49.1 Å². The average Bonchev–Trinajstić information content (AvgIpc) is 3.91. The Balaban J connectivity index is 0.00000338. The predicted molar refractivity (Wildman–Crippen MR) is 196 cm³/mol. The molecule has 0 amide bonds. The van der Waals surface area contributed by atoms with Crippen molar-refractivity contribution in [3.05, 3.63) is 128 Å². The van der Waals surface area contributed by atoms with Crippen LogP contribution in [-0.4, -0.2) is 34.9 Å². The molecule has 6 heterocycles. The summed E-state index contributed by atoms with van der Waals surface area (Å²) in [6.07, 6.45) is 1.76. The van der Waals surface area contributed by atoms with E-state index >= 15 is 0 Å². The summed E-state index contributed by atoms with van der Waals surface area (Å²) in [5.41, 5.74) is 5.91. The molecule has 0 saturated heterocycles. The Morgan fingerprint density at radius 2 is 0.865 bits per heavy atom. The van der Waals surface area contributed by atoms with Crippen molar-refractivity contribution in [1.82, 2.24) is 44.9 Å². The average molecular weight is 721 g/mol. The normalized spacial score (nSPS) is 11.7. The summed E-state index contributed by atoms with van der Waals surface area (Å²) in [5, 5.41) is 4.35. The largest absolute Gasteiger partial charge is 2.00 e. The van der Waals surface area contributed by atoms with Gasteiger partial charge in [0.15, 0.2) is 5.75 Å². The minimum atomic E-state index is 0. The van der Waals surface area contributed by atoms with E-state index in [9.17, 15) is 0 Å². The molecule has 5 aromatic carbocycles. The van der Waals surface area contributed by atoms with Gasteiger partial charge in [-0.25, -0.2) is 9.97 Å². The van der Waals surface area contributed by atoms with Crippen LogP contribution < -0.4 is 14.7 Å². The molecule has 8 bridgehead atoms. The molecule has 0 atom stereocenters. The molecule has 0 N–H and O–H groups in total. The van der Waals surface area contributed by atoms with Gasteiger partial charge in [-0.1, -0.05) is 103 Å². The number of nitrogens with zero attached hydrogens (tertiary/aromatic N) is 9. The summed E-state index contributed by atoms with van der Waals surface area (Å²) < 4.78 is 6.65. The Kier molecular flexibility index (Phi) is 6.77. The number of aromatic nitrogens is 9. The number of rotatable bonds is 2. The Morgan fingerprint density at radius 3 is 1.48 bits per heavy atom. The van der Waals surface area contributed by atoms with E-state index in [1.165, 1.54) is 0 Å². The van der Waals surface area contributed by atoms with E-state index in [2.05, 4.69) is 4.98 Å². The Morgan fingerprint density at radius 1 is 0.404 bits per heavy atom. The molecule has 238 valence electrons. The van der Waals surface area contributed by atoms with Crippen LogP contribution in [0, 0.1) is 0 Å². The second kappa shape index (κ2) is 11.7. The van der Waals surface area contributed by atoms with E-state index in [-0.39, 0.29) is 19.5 Å². The number of benzene rings is 5. The van der Waals surface area contributed by atoms with Crippen LogP contribution >= 0.6 is 0 Å².